The zero-order valence-electron chi connectivity index (χ0n) is 11.5. The van der Waals surface area contributed by atoms with Crippen LogP contribution in [0.2, 0.25) is 0 Å². The lowest BCUT2D eigenvalue weighted by atomic mass is 10.2. The zero-order chi connectivity index (χ0) is 14.8. The van der Waals surface area contributed by atoms with E-state index in [4.69, 9.17) is 0 Å². The normalized spacial score (nSPS) is 14.5. The molecule has 1 aromatic heterocycles. The minimum atomic E-state index is -0.330. The van der Waals surface area contributed by atoms with Gasteiger partial charge in [-0.2, -0.15) is 0 Å². The van der Waals surface area contributed by atoms with E-state index in [1.54, 1.807) is 16.8 Å². The highest BCUT2D eigenvalue weighted by molar-refractivity contribution is 5.83. The monoisotopic (exact) mass is 295 g/mol. The molecule has 5 rings (SSSR count). The number of nitrogens with zero attached hydrogens (tertiary/aromatic N) is 3. The van der Waals surface area contributed by atoms with Crippen LogP contribution < -0.4 is 10.0 Å². The molecule has 0 aliphatic carbocycles. The first kappa shape index (κ1) is 11.8. The molecule has 2 aliphatic heterocycles. The van der Waals surface area contributed by atoms with Gasteiger partial charge in [0.05, 0.1) is 23.6 Å². The summed E-state index contributed by atoms with van der Waals surface area (Å²) in [6.45, 7) is 0.638. The van der Waals surface area contributed by atoms with E-state index >= 15 is 0 Å². The van der Waals surface area contributed by atoms with Crippen LogP contribution in [-0.4, -0.2) is 4.57 Å². The van der Waals surface area contributed by atoms with Gasteiger partial charge >= 0.3 is 0 Å². The number of rotatable bonds is 0. The highest BCUT2D eigenvalue weighted by Gasteiger charge is 2.37. The third-order valence-electron chi connectivity index (χ3n) is 4.27. The van der Waals surface area contributed by atoms with Crippen molar-refractivity contribution in [3.63, 3.8) is 0 Å². The Kier molecular flexibility index (Phi) is 2.08. The summed E-state index contributed by atoms with van der Waals surface area (Å²) in [7, 11) is 0. The average molecular weight is 295 g/mol. The van der Waals surface area contributed by atoms with Crippen LogP contribution in [0.15, 0.2) is 54.7 Å². The third kappa shape index (κ3) is 1.33. The predicted molar refractivity (Wildman–Crippen MR) is 80.4 cm³/mol. The van der Waals surface area contributed by atoms with Crippen molar-refractivity contribution >= 4 is 17.2 Å². The molecule has 2 aromatic carbocycles. The molecule has 108 valence electrons. The van der Waals surface area contributed by atoms with Crippen LogP contribution in [0.3, 0.4) is 0 Å². The Balaban J connectivity index is 1.85. The van der Waals surface area contributed by atoms with Crippen LogP contribution in [0.4, 0.5) is 26.0 Å². The molecule has 0 N–H and O–H groups in total. The summed E-state index contributed by atoms with van der Waals surface area (Å²) in [6.07, 6.45) is 1.64. The van der Waals surface area contributed by atoms with E-state index in [1.165, 1.54) is 18.2 Å². The average Bonchev–Trinajstić information content (AvgIpc) is 3.08. The Morgan fingerprint density at radius 2 is 1.73 bits per heavy atom. The summed E-state index contributed by atoms with van der Waals surface area (Å²) in [6, 6.07) is 13.9. The maximum absolute atomic E-state index is 14.4. The number of aromatic nitrogens is 1. The number of anilines is 3. The van der Waals surface area contributed by atoms with Crippen LogP contribution in [0.5, 0.6) is 0 Å². The third-order valence-corrected chi connectivity index (χ3v) is 4.27. The Morgan fingerprint density at radius 3 is 2.64 bits per heavy atom. The summed E-state index contributed by atoms with van der Waals surface area (Å²) < 4.78 is 29.7. The fraction of sp³-hybridized carbons (Fsp3) is 0.0588. The number of halogens is 2. The minimum absolute atomic E-state index is 0.323. The summed E-state index contributed by atoms with van der Waals surface area (Å²) in [5.41, 5.74) is 3.59. The second-order valence-corrected chi connectivity index (χ2v) is 5.49. The predicted octanol–water partition coefficient (Wildman–Crippen LogP) is 4.14. The minimum Gasteiger partial charge on any atom is -0.297 e. The van der Waals surface area contributed by atoms with Crippen molar-refractivity contribution in [2.45, 2.75) is 6.54 Å². The summed E-state index contributed by atoms with van der Waals surface area (Å²) >= 11 is 0. The Hall–Kier alpha value is -2.82. The van der Waals surface area contributed by atoms with E-state index in [9.17, 15) is 8.78 Å². The number of hydrogen-bond donors (Lipinski definition) is 0. The van der Waals surface area contributed by atoms with Crippen molar-refractivity contribution in [3.05, 3.63) is 71.9 Å². The molecule has 0 saturated heterocycles. The van der Waals surface area contributed by atoms with Crippen molar-refractivity contribution in [3.8, 4) is 5.69 Å². The Morgan fingerprint density at radius 1 is 0.864 bits per heavy atom. The molecule has 0 saturated carbocycles. The highest BCUT2D eigenvalue weighted by Crippen LogP contribution is 2.47. The maximum atomic E-state index is 14.4. The van der Waals surface area contributed by atoms with Gasteiger partial charge in [0.15, 0.2) is 11.6 Å². The van der Waals surface area contributed by atoms with E-state index < -0.39 is 0 Å². The van der Waals surface area contributed by atoms with Gasteiger partial charge in [-0.15, -0.1) is 0 Å². The van der Waals surface area contributed by atoms with Crippen molar-refractivity contribution in [2.75, 3.05) is 10.0 Å². The number of benzene rings is 2. The fourth-order valence-corrected chi connectivity index (χ4v) is 3.34. The highest BCUT2D eigenvalue weighted by atomic mass is 19.1. The number of para-hydroxylation sites is 1. The number of hydrazine groups is 1. The van der Waals surface area contributed by atoms with Gasteiger partial charge in [0.2, 0.25) is 0 Å². The van der Waals surface area contributed by atoms with E-state index in [0.29, 0.717) is 18.1 Å². The molecule has 0 spiro atoms. The summed E-state index contributed by atoms with van der Waals surface area (Å²) in [5.74, 6) is -0.233. The van der Waals surface area contributed by atoms with Crippen molar-refractivity contribution in [2.24, 2.45) is 0 Å². The van der Waals surface area contributed by atoms with Gasteiger partial charge in [-0.05, 0) is 29.8 Å². The first-order valence-corrected chi connectivity index (χ1v) is 7.06. The molecular formula is C17H11F2N3. The second-order valence-electron chi connectivity index (χ2n) is 5.49. The molecule has 5 heteroatoms. The first-order valence-electron chi connectivity index (χ1n) is 7.06. The van der Waals surface area contributed by atoms with Gasteiger partial charge < -0.3 is 0 Å². The fourth-order valence-electron chi connectivity index (χ4n) is 3.34. The van der Waals surface area contributed by atoms with Gasteiger partial charge in [0.1, 0.15) is 5.82 Å². The molecule has 3 nitrogen and oxygen atoms in total. The summed E-state index contributed by atoms with van der Waals surface area (Å²) in [5, 5.41) is 3.85. The first-order chi connectivity index (χ1) is 10.7. The van der Waals surface area contributed by atoms with Gasteiger partial charge in [0.25, 0.3) is 0 Å². The molecule has 3 heterocycles. The van der Waals surface area contributed by atoms with Crippen LogP contribution in [0.25, 0.3) is 5.69 Å². The Labute approximate surface area is 125 Å². The molecule has 3 aromatic rings. The molecule has 0 unspecified atom stereocenters. The topological polar surface area (TPSA) is 11.4 Å². The molecule has 0 atom stereocenters. The second kappa shape index (κ2) is 3.88. The lowest BCUT2D eigenvalue weighted by Gasteiger charge is -2.38. The zero-order valence-corrected chi connectivity index (χ0v) is 11.5. The van der Waals surface area contributed by atoms with E-state index in [2.05, 4.69) is 0 Å². The largest absolute Gasteiger partial charge is 0.297 e. The van der Waals surface area contributed by atoms with Gasteiger partial charge in [0, 0.05) is 12.3 Å². The molecule has 0 radical (unpaired) electrons. The smallest absolute Gasteiger partial charge is 0.173 e. The van der Waals surface area contributed by atoms with Gasteiger partial charge in [-0.1, -0.05) is 18.2 Å². The molecule has 22 heavy (non-hydrogen) atoms. The molecule has 0 fully saturated rings. The molecular weight excluding hydrogens is 284 g/mol. The standard InChI is InChI=1S/C17H11F2N3/c18-12-5-6-15-16(9-12)20-8-7-13(19)17(20)22-14-4-2-1-3-11(14)10-21(15)22/h1-9H,10H2. The summed E-state index contributed by atoms with van der Waals surface area (Å²) in [4.78, 5) is 0. The lowest BCUT2D eigenvalue weighted by molar-refractivity contribution is 0.614. The van der Waals surface area contributed by atoms with Crippen LogP contribution in [-0.2, 0) is 6.54 Å². The van der Waals surface area contributed by atoms with Crippen molar-refractivity contribution < 1.29 is 8.78 Å². The lowest BCUT2D eigenvalue weighted by Crippen LogP contribution is -2.39. The SMILES string of the molecule is Fc1ccc2c(c1)-n1ccc(F)c1N1c3ccccc3CN21. The molecule has 2 aliphatic rings. The molecule has 0 amide bonds. The molecule has 0 bridgehead atoms. The van der Waals surface area contributed by atoms with Crippen molar-refractivity contribution in [1.29, 1.82) is 0 Å². The van der Waals surface area contributed by atoms with Crippen molar-refractivity contribution in [1.82, 2.24) is 4.57 Å². The van der Waals surface area contributed by atoms with Gasteiger partial charge in [-0.3, -0.25) is 9.58 Å². The maximum Gasteiger partial charge on any atom is 0.173 e. The van der Waals surface area contributed by atoms with E-state index in [0.717, 1.165) is 16.9 Å². The van der Waals surface area contributed by atoms with E-state index in [-0.39, 0.29) is 11.6 Å². The van der Waals surface area contributed by atoms with Crippen LogP contribution >= 0.6 is 0 Å². The number of hydrogen-bond acceptors (Lipinski definition) is 2. The van der Waals surface area contributed by atoms with Crippen LogP contribution in [0, 0.1) is 11.6 Å². The van der Waals surface area contributed by atoms with Gasteiger partial charge in [-0.25, -0.2) is 13.8 Å². The Bertz CT molecular complexity index is 916. The van der Waals surface area contributed by atoms with E-state index in [1.807, 2.05) is 34.3 Å². The number of fused-ring (bicyclic) bond motifs is 8. The quantitative estimate of drug-likeness (QED) is 0.617. The van der Waals surface area contributed by atoms with Crippen LogP contribution in [0.1, 0.15) is 5.56 Å².